The minimum absolute atomic E-state index is 0.00234. The van der Waals surface area contributed by atoms with Gasteiger partial charge in [0.25, 0.3) is 0 Å². The SMILES string of the molecule is Cn1ncc(Br)c1C(NN)c1cc2c(s1)CCCC2. The molecule has 0 aliphatic heterocycles. The van der Waals surface area contributed by atoms with E-state index in [0.717, 1.165) is 10.2 Å². The molecular weight excluding hydrogens is 324 g/mol. The van der Waals surface area contributed by atoms with Gasteiger partial charge in [-0.25, -0.2) is 5.43 Å². The Morgan fingerprint density at radius 2 is 2.26 bits per heavy atom. The number of rotatable bonds is 3. The number of aryl methyl sites for hydroxylation is 3. The van der Waals surface area contributed by atoms with Gasteiger partial charge >= 0.3 is 0 Å². The molecule has 6 heteroatoms. The van der Waals surface area contributed by atoms with Gasteiger partial charge in [-0.3, -0.25) is 10.5 Å². The predicted molar refractivity (Wildman–Crippen MR) is 81.0 cm³/mol. The Hall–Kier alpha value is -0.690. The van der Waals surface area contributed by atoms with Gasteiger partial charge in [0.15, 0.2) is 0 Å². The summed E-state index contributed by atoms with van der Waals surface area (Å²) < 4.78 is 2.86. The Bertz CT molecular complexity index is 546. The molecule has 0 spiro atoms. The van der Waals surface area contributed by atoms with Gasteiger partial charge in [0.05, 0.1) is 22.4 Å². The smallest absolute Gasteiger partial charge is 0.0981 e. The molecule has 1 aliphatic carbocycles. The number of hydrogen-bond acceptors (Lipinski definition) is 4. The van der Waals surface area contributed by atoms with Crippen LogP contribution in [0.1, 0.15) is 39.9 Å². The first-order valence-electron chi connectivity index (χ1n) is 6.45. The van der Waals surface area contributed by atoms with Crippen LogP contribution in [-0.4, -0.2) is 9.78 Å². The highest BCUT2D eigenvalue weighted by Gasteiger charge is 2.23. The zero-order valence-corrected chi connectivity index (χ0v) is 13.2. The van der Waals surface area contributed by atoms with E-state index >= 15 is 0 Å². The first-order chi connectivity index (χ1) is 9.20. The monoisotopic (exact) mass is 340 g/mol. The second kappa shape index (κ2) is 5.36. The summed E-state index contributed by atoms with van der Waals surface area (Å²) in [5, 5.41) is 4.27. The summed E-state index contributed by atoms with van der Waals surface area (Å²) in [6.07, 6.45) is 6.84. The van der Waals surface area contributed by atoms with Crippen LogP contribution in [-0.2, 0) is 19.9 Å². The molecule has 0 bridgehead atoms. The zero-order valence-electron chi connectivity index (χ0n) is 10.8. The highest BCUT2D eigenvalue weighted by atomic mass is 79.9. The summed E-state index contributed by atoms with van der Waals surface area (Å²) in [6, 6.07) is 2.31. The van der Waals surface area contributed by atoms with Crippen LogP contribution in [0.4, 0.5) is 0 Å². The van der Waals surface area contributed by atoms with Gasteiger partial charge in [-0.05, 0) is 53.2 Å². The van der Waals surface area contributed by atoms with E-state index in [1.165, 1.54) is 41.0 Å². The van der Waals surface area contributed by atoms with Crippen molar-refractivity contribution in [3.8, 4) is 0 Å². The van der Waals surface area contributed by atoms with Crippen molar-refractivity contribution in [2.24, 2.45) is 12.9 Å². The number of nitrogens with two attached hydrogens (primary N) is 1. The molecule has 0 saturated heterocycles. The fraction of sp³-hybridized carbons (Fsp3) is 0.462. The number of hydrazine groups is 1. The Morgan fingerprint density at radius 3 is 2.89 bits per heavy atom. The lowest BCUT2D eigenvalue weighted by molar-refractivity contribution is 0.579. The number of halogens is 1. The maximum atomic E-state index is 5.79. The molecule has 2 aromatic rings. The quantitative estimate of drug-likeness (QED) is 0.667. The Morgan fingerprint density at radius 1 is 1.47 bits per heavy atom. The summed E-state index contributed by atoms with van der Waals surface area (Å²) in [5.74, 6) is 5.79. The van der Waals surface area contributed by atoms with Gasteiger partial charge < -0.3 is 0 Å². The second-order valence-corrected chi connectivity index (χ2v) is 6.93. The first-order valence-corrected chi connectivity index (χ1v) is 8.06. The average molecular weight is 341 g/mol. The minimum Gasteiger partial charge on any atom is -0.270 e. The van der Waals surface area contributed by atoms with Crippen LogP contribution >= 0.6 is 27.3 Å². The van der Waals surface area contributed by atoms with E-state index in [9.17, 15) is 0 Å². The van der Waals surface area contributed by atoms with Crippen molar-refractivity contribution in [2.75, 3.05) is 0 Å². The molecule has 4 nitrogen and oxygen atoms in total. The fourth-order valence-electron chi connectivity index (χ4n) is 2.70. The molecule has 0 radical (unpaired) electrons. The summed E-state index contributed by atoms with van der Waals surface area (Å²) in [4.78, 5) is 2.80. The summed E-state index contributed by atoms with van der Waals surface area (Å²) >= 11 is 5.43. The molecule has 2 aromatic heterocycles. The largest absolute Gasteiger partial charge is 0.270 e. The number of aromatic nitrogens is 2. The van der Waals surface area contributed by atoms with E-state index in [1.54, 1.807) is 0 Å². The van der Waals surface area contributed by atoms with Crippen molar-refractivity contribution in [1.29, 1.82) is 0 Å². The number of nitrogens with one attached hydrogen (secondary N) is 1. The molecule has 2 heterocycles. The third kappa shape index (κ3) is 2.38. The van der Waals surface area contributed by atoms with E-state index < -0.39 is 0 Å². The Balaban J connectivity index is 2.01. The molecule has 102 valence electrons. The maximum absolute atomic E-state index is 5.79. The lowest BCUT2D eigenvalue weighted by Crippen LogP contribution is -2.30. The number of fused-ring (bicyclic) bond motifs is 1. The number of nitrogens with zero attached hydrogens (tertiary/aromatic N) is 2. The third-order valence-corrected chi connectivity index (χ3v) is 5.59. The molecule has 0 fully saturated rings. The lowest BCUT2D eigenvalue weighted by atomic mass is 9.98. The topological polar surface area (TPSA) is 55.9 Å². The fourth-order valence-corrected chi connectivity index (χ4v) is 4.60. The van der Waals surface area contributed by atoms with E-state index in [0.29, 0.717) is 0 Å². The maximum Gasteiger partial charge on any atom is 0.0981 e. The second-order valence-electron chi connectivity index (χ2n) is 4.91. The molecule has 1 atom stereocenters. The predicted octanol–water partition coefficient (Wildman–Crippen LogP) is 2.68. The molecule has 1 unspecified atom stereocenters. The normalized spacial score (nSPS) is 16.4. The lowest BCUT2D eigenvalue weighted by Gasteiger charge is -2.15. The minimum atomic E-state index is -0.00234. The highest BCUT2D eigenvalue weighted by molar-refractivity contribution is 9.10. The van der Waals surface area contributed by atoms with Crippen molar-refractivity contribution in [2.45, 2.75) is 31.7 Å². The van der Waals surface area contributed by atoms with E-state index in [2.05, 4.69) is 32.5 Å². The van der Waals surface area contributed by atoms with Crippen molar-refractivity contribution < 1.29 is 0 Å². The van der Waals surface area contributed by atoms with Crippen LogP contribution in [0.2, 0.25) is 0 Å². The van der Waals surface area contributed by atoms with Crippen LogP contribution < -0.4 is 11.3 Å². The summed E-state index contributed by atoms with van der Waals surface area (Å²) in [5.41, 5.74) is 5.51. The molecule has 3 rings (SSSR count). The van der Waals surface area contributed by atoms with E-state index in [4.69, 9.17) is 5.84 Å². The molecule has 3 N–H and O–H groups in total. The molecule has 0 saturated carbocycles. The Labute approximate surface area is 125 Å². The van der Waals surface area contributed by atoms with Crippen LogP contribution in [0.5, 0.6) is 0 Å². The van der Waals surface area contributed by atoms with Gasteiger partial charge in [-0.1, -0.05) is 0 Å². The van der Waals surface area contributed by atoms with E-state index in [-0.39, 0.29) is 6.04 Å². The van der Waals surface area contributed by atoms with E-state index in [1.807, 2.05) is 29.3 Å². The van der Waals surface area contributed by atoms with Gasteiger partial charge in [0.1, 0.15) is 0 Å². The summed E-state index contributed by atoms with van der Waals surface area (Å²) in [7, 11) is 1.94. The molecule has 1 aliphatic rings. The van der Waals surface area contributed by atoms with Crippen LogP contribution in [0.15, 0.2) is 16.7 Å². The van der Waals surface area contributed by atoms with Gasteiger partial charge in [-0.15, -0.1) is 11.3 Å². The van der Waals surface area contributed by atoms with Gasteiger partial charge in [0.2, 0.25) is 0 Å². The average Bonchev–Trinajstić information content (AvgIpc) is 2.97. The highest BCUT2D eigenvalue weighted by Crippen LogP contribution is 2.36. The standard InChI is InChI=1S/C13H17BrN4S/c1-18-13(9(14)7-16-18)12(17-15)11-6-8-4-2-3-5-10(8)19-11/h6-7,12,17H,2-5,15H2,1H3. The van der Waals surface area contributed by atoms with Crippen LogP contribution in [0.3, 0.4) is 0 Å². The van der Waals surface area contributed by atoms with Crippen LogP contribution in [0, 0.1) is 0 Å². The van der Waals surface area contributed by atoms with Crippen molar-refractivity contribution in [1.82, 2.24) is 15.2 Å². The zero-order chi connectivity index (χ0) is 13.4. The molecule has 0 amide bonds. The van der Waals surface area contributed by atoms with Crippen molar-refractivity contribution in [3.63, 3.8) is 0 Å². The summed E-state index contributed by atoms with van der Waals surface area (Å²) in [6.45, 7) is 0. The first kappa shape index (κ1) is 13.3. The third-order valence-electron chi connectivity index (χ3n) is 3.68. The Kier molecular flexibility index (Phi) is 3.75. The number of hydrogen-bond donors (Lipinski definition) is 2. The van der Waals surface area contributed by atoms with Crippen molar-refractivity contribution >= 4 is 27.3 Å². The molecule has 0 aromatic carbocycles. The van der Waals surface area contributed by atoms with Crippen LogP contribution in [0.25, 0.3) is 0 Å². The van der Waals surface area contributed by atoms with Crippen molar-refractivity contribution in [3.05, 3.63) is 37.7 Å². The molecule has 19 heavy (non-hydrogen) atoms. The van der Waals surface area contributed by atoms with Gasteiger partial charge in [-0.2, -0.15) is 5.10 Å². The number of thiophene rings is 1. The molecular formula is C13H17BrN4S. The van der Waals surface area contributed by atoms with Gasteiger partial charge in [0, 0.05) is 16.8 Å².